The molecule has 1 aromatic carbocycles. The molecule has 1 aliphatic carbocycles. The number of carbonyl (C=O) groups is 3. The van der Waals surface area contributed by atoms with Gasteiger partial charge in [-0.15, -0.1) is 0 Å². The molecule has 3 amide bonds. The van der Waals surface area contributed by atoms with Gasteiger partial charge in [-0.2, -0.15) is 0 Å². The minimum absolute atomic E-state index is 0.0436. The van der Waals surface area contributed by atoms with Crippen molar-refractivity contribution in [1.29, 1.82) is 0 Å². The summed E-state index contributed by atoms with van der Waals surface area (Å²) in [4.78, 5) is 46.5. The van der Waals surface area contributed by atoms with Gasteiger partial charge in [0.15, 0.2) is 5.60 Å². The number of nitrogens with one attached hydrogen (secondary N) is 2. The molecule has 3 heterocycles. The zero-order valence-corrected chi connectivity index (χ0v) is 25.1. The first-order valence-corrected chi connectivity index (χ1v) is 15.3. The van der Waals surface area contributed by atoms with Crippen molar-refractivity contribution in [2.24, 2.45) is 17.8 Å². The van der Waals surface area contributed by atoms with Gasteiger partial charge in [0.1, 0.15) is 5.75 Å². The van der Waals surface area contributed by atoms with Crippen molar-refractivity contribution >= 4 is 29.1 Å². The molecule has 4 aliphatic rings. The second-order valence-electron chi connectivity index (χ2n) is 12.8. The van der Waals surface area contributed by atoms with E-state index in [4.69, 9.17) is 9.47 Å². The van der Waals surface area contributed by atoms with Crippen LogP contribution < -0.4 is 25.2 Å². The van der Waals surface area contributed by atoms with Crippen LogP contribution in [0, 0.1) is 17.8 Å². The van der Waals surface area contributed by atoms with E-state index in [1.807, 2.05) is 23.1 Å². The van der Waals surface area contributed by atoms with Crippen molar-refractivity contribution in [3.05, 3.63) is 18.2 Å². The van der Waals surface area contributed by atoms with Crippen LogP contribution in [-0.2, 0) is 19.1 Å². The van der Waals surface area contributed by atoms with E-state index in [9.17, 15) is 14.4 Å². The van der Waals surface area contributed by atoms with Gasteiger partial charge in [-0.1, -0.05) is 0 Å². The number of fused-ring (bicyclic) bond motifs is 1. The van der Waals surface area contributed by atoms with E-state index in [-0.39, 0.29) is 35.6 Å². The number of likely N-dealkylation sites (tertiary alicyclic amines) is 1. The van der Waals surface area contributed by atoms with Crippen molar-refractivity contribution in [3.8, 4) is 5.75 Å². The van der Waals surface area contributed by atoms with Gasteiger partial charge in [0, 0.05) is 51.6 Å². The molecule has 0 radical (unpaired) electrons. The Morgan fingerprint density at radius 3 is 2.59 bits per heavy atom. The second-order valence-corrected chi connectivity index (χ2v) is 12.8. The fraction of sp³-hybridized carbons (Fsp3) is 0.710. The van der Waals surface area contributed by atoms with Crippen molar-refractivity contribution in [2.45, 2.75) is 64.0 Å². The molecule has 1 aromatic rings. The van der Waals surface area contributed by atoms with Gasteiger partial charge < -0.3 is 34.8 Å². The quantitative estimate of drug-likeness (QED) is 0.417. The molecule has 10 nitrogen and oxygen atoms in total. The number of ether oxygens (including phenoxy) is 2. The molecule has 0 unspecified atom stereocenters. The molecule has 41 heavy (non-hydrogen) atoms. The Morgan fingerprint density at radius 1 is 1.15 bits per heavy atom. The van der Waals surface area contributed by atoms with Gasteiger partial charge in [-0.3, -0.25) is 14.4 Å². The average Bonchev–Trinajstić information content (AvgIpc) is 3.80. The fourth-order valence-electron chi connectivity index (χ4n) is 6.33. The molecular weight excluding hydrogens is 522 g/mol. The number of amides is 3. The van der Waals surface area contributed by atoms with Gasteiger partial charge in [0.2, 0.25) is 11.8 Å². The standard InChI is InChI=1S/C31H47N5O5/c1-31(2)30(39)35(12-5-15-40-4)26-17-25(8-9-27(26)41-31)36(24-6-7-24)29(38)23-16-22(19-32-20-23)28(37)33-18-21-10-13-34(3)14-11-21/h8-9,17,21-24,32H,5-7,10-16,18-20H2,1-4H3,(H,33,37)/t22-,23+/m0/s1. The fourth-order valence-corrected chi connectivity index (χ4v) is 6.33. The summed E-state index contributed by atoms with van der Waals surface area (Å²) in [6.45, 7) is 8.64. The molecule has 0 spiro atoms. The van der Waals surface area contributed by atoms with E-state index in [1.54, 1.807) is 25.9 Å². The Kier molecular flexibility index (Phi) is 9.21. The van der Waals surface area contributed by atoms with E-state index in [0.717, 1.165) is 44.5 Å². The number of hydrogen-bond acceptors (Lipinski definition) is 7. The molecule has 3 fully saturated rings. The van der Waals surface area contributed by atoms with Gasteiger partial charge in [0.25, 0.3) is 5.91 Å². The minimum Gasteiger partial charge on any atom is -0.476 e. The third-order valence-electron chi connectivity index (χ3n) is 8.99. The van der Waals surface area contributed by atoms with Crippen molar-refractivity contribution < 1.29 is 23.9 Å². The Balaban J connectivity index is 1.28. The van der Waals surface area contributed by atoms with Crippen LogP contribution >= 0.6 is 0 Å². The summed E-state index contributed by atoms with van der Waals surface area (Å²) >= 11 is 0. The molecule has 2 N–H and O–H groups in total. The smallest absolute Gasteiger partial charge is 0.270 e. The largest absolute Gasteiger partial charge is 0.476 e. The van der Waals surface area contributed by atoms with Crippen LogP contribution in [0.15, 0.2) is 18.2 Å². The van der Waals surface area contributed by atoms with Crippen LogP contribution in [0.5, 0.6) is 5.75 Å². The van der Waals surface area contributed by atoms with E-state index >= 15 is 0 Å². The summed E-state index contributed by atoms with van der Waals surface area (Å²) in [6, 6.07) is 5.87. The maximum atomic E-state index is 14.0. The third kappa shape index (κ3) is 6.87. The second kappa shape index (κ2) is 12.7. The molecule has 1 saturated carbocycles. The number of methoxy groups -OCH3 is 1. The lowest BCUT2D eigenvalue weighted by Gasteiger charge is -2.39. The van der Waals surface area contributed by atoms with Crippen LogP contribution in [-0.4, -0.2) is 94.3 Å². The number of benzene rings is 1. The van der Waals surface area contributed by atoms with Crippen molar-refractivity contribution in [1.82, 2.24) is 15.5 Å². The highest BCUT2D eigenvalue weighted by atomic mass is 16.5. The number of anilines is 2. The summed E-state index contributed by atoms with van der Waals surface area (Å²) in [5.41, 5.74) is 0.497. The monoisotopic (exact) mass is 569 g/mol. The summed E-state index contributed by atoms with van der Waals surface area (Å²) in [7, 11) is 3.79. The van der Waals surface area contributed by atoms with Crippen LogP contribution in [0.25, 0.3) is 0 Å². The van der Waals surface area contributed by atoms with Gasteiger partial charge in [-0.05, 0) is 96.6 Å². The van der Waals surface area contributed by atoms with Crippen molar-refractivity contribution in [3.63, 3.8) is 0 Å². The van der Waals surface area contributed by atoms with Crippen LogP contribution in [0.2, 0.25) is 0 Å². The Labute approximate surface area is 244 Å². The molecule has 5 rings (SSSR count). The first kappa shape index (κ1) is 29.8. The number of rotatable bonds is 10. The molecule has 2 atom stereocenters. The SMILES string of the molecule is COCCCN1C(=O)C(C)(C)Oc2ccc(N(C(=O)[C@H]3CNC[C@@H](C(=O)NCC4CCN(C)CC4)C3)C3CC3)cc21. The highest BCUT2D eigenvalue weighted by molar-refractivity contribution is 6.04. The number of nitrogens with zero attached hydrogens (tertiary/aromatic N) is 3. The molecule has 3 aliphatic heterocycles. The topological polar surface area (TPSA) is 103 Å². The zero-order valence-electron chi connectivity index (χ0n) is 25.1. The minimum atomic E-state index is -0.968. The average molecular weight is 570 g/mol. The lowest BCUT2D eigenvalue weighted by Crippen LogP contribution is -2.53. The van der Waals surface area contributed by atoms with Gasteiger partial charge in [0.05, 0.1) is 17.5 Å². The Bertz CT molecular complexity index is 1110. The van der Waals surface area contributed by atoms with E-state index in [1.165, 1.54) is 0 Å². The first-order valence-electron chi connectivity index (χ1n) is 15.3. The highest BCUT2D eigenvalue weighted by Crippen LogP contribution is 2.43. The van der Waals surface area contributed by atoms with Crippen LogP contribution in [0.1, 0.15) is 52.4 Å². The Hall–Kier alpha value is -2.69. The molecule has 10 heteroatoms. The highest BCUT2D eigenvalue weighted by Gasteiger charge is 2.43. The molecule has 0 bridgehead atoms. The van der Waals surface area contributed by atoms with Gasteiger partial charge in [-0.25, -0.2) is 0 Å². The van der Waals surface area contributed by atoms with E-state index in [2.05, 4.69) is 22.6 Å². The summed E-state index contributed by atoms with van der Waals surface area (Å²) in [6.07, 6.45) is 5.35. The predicted molar refractivity (Wildman–Crippen MR) is 158 cm³/mol. The molecule has 226 valence electrons. The number of piperidine rings is 2. The predicted octanol–water partition coefficient (Wildman–Crippen LogP) is 2.41. The maximum absolute atomic E-state index is 14.0. The summed E-state index contributed by atoms with van der Waals surface area (Å²) < 4.78 is 11.3. The zero-order chi connectivity index (χ0) is 29.1. The Morgan fingerprint density at radius 2 is 1.88 bits per heavy atom. The van der Waals surface area contributed by atoms with Crippen LogP contribution in [0.3, 0.4) is 0 Å². The van der Waals surface area contributed by atoms with Crippen molar-refractivity contribution in [2.75, 3.05) is 69.8 Å². The number of carbonyl (C=O) groups excluding carboxylic acids is 3. The summed E-state index contributed by atoms with van der Waals surface area (Å²) in [5.74, 6) is 0.640. The van der Waals surface area contributed by atoms with Crippen LogP contribution in [0.4, 0.5) is 11.4 Å². The maximum Gasteiger partial charge on any atom is 0.270 e. The normalized spacial score (nSPS) is 24.9. The van der Waals surface area contributed by atoms with E-state index in [0.29, 0.717) is 63.0 Å². The lowest BCUT2D eigenvalue weighted by atomic mass is 9.88. The molecular formula is C31H47N5O5. The van der Waals surface area contributed by atoms with E-state index < -0.39 is 5.60 Å². The first-order chi connectivity index (χ1) is 19.7. The summed E-state index contributed by atoms with van der Waals surface area (Å²) in [5, 5.41) is 6.54. The number of hydrogen-bond donors (Lipinski definition) is 2. The lowest BCUT2D eigenvalue weighted by molar-refractivity contribution is -0.132. The van der Waals surface area contributed by atoms with Gasteiger partial charge >= 0.3 is 0 Å². The molecule has 2 saturated heterocycles. The third-order valence-corrected chi connectivity index (χ3v) is 8.99. The molecule has 0 aromatic heterocycles.